The van der Waals surface area contributed by atoms with E-state index in [-0.39, 0.29) is 22.6 Å². The molecule has 5 heteroatoms. The molecule has 1 aromatic rings. The highest BCUT2D eigenvalue weighted by atomic mass is 35.5. The summed E-state index contributed by atoms with van der Waals surface area (Å²) in [7, 11) is 0. The average molecular weight is 483 g/mol. The van der Waals surface area contributed by atoms with Gasteiger partial charge in [0, 0.05) is 30.2 Å². The van der Waals surface area contributed by atoms with E-state index in [0.717, 1.165) is 17.7 Å². The highest BCUT2D eigenvalue weighted by Gasteiger charge is 2.58. The lowest BCUT2D eigenvalue weighted by atomic mass is 9.50. The number of hydrogen-bond donors (Lipinski definition) is 1. The molecule has 0 aromatic heterocycles. The van der Waals surface area contributed by atoms with E-state index in [9.17, 15) is 9.59 Å². The first-order valence-corrected chi connectivity index (χ1v) is 13.4. The maximum Gasteiger partial charge on any atom is 0.326 e. The van der Waals surface area contributed by atoms with Gasteiger partial charge in [-0.25, -0.2) is 4.79 Å². The monoisotopic (exact) mass is 482 g/mol. The Morgan fingerprint density at radius 2 is 1.88 bits per heavy atom. The van der Waals surface area contributed by atoms with E-state index < -0.39 is 0 Å². The first-order valence-electron chi connectivity index (χ1n) is 13.1. The molecule has 0 spiro atoms. The van der Waals surface area contributed by atoms with Crippen molar-refractivity contribution in [3.05, 3.63) is 40.6 Å². The summed E-state index contributed by atoms with van der Waals surface area (Å²) in [5.74, 6) is 1.83. The number of benzene rings is 1. The van der Waals surface area contributed by atoms with Gasteiger partial charge in [0.15, 0.2) is 5.78 Å². The van der Waals surface area contributed by atoms with Crippen molar-refractivity contribution in [3.8, 4) is 0 Å². The standard InChI is InChI=1S/C29H39ClN2O2/c1-27(2,3)18-8-9-24(23(30)15-18)31-26(34)32-17-20-21-7-6-12-28(21,4)13-11-22(20)29(5)14-10-19(33)16-25(29)32/h8-9,15-16,20-22H,6-7,10-14,17H2,1-5H3,(H,31,34)/t20-,21-,22-,28-,29+/m0/s1. The van der Waals surface area contributed by atoms with E-state index in [2.05, 4.69) is 39.9 Å². The van der Waals surface area contributed by atoms with E-state index in [0.29, 0.717) is 46.8 Å². The van der Waals surface area contributed by atoms with Crippen LogP contribution in [-0.4, -0.2) is 23.3 Å². The minimum absolute atomic E-state index is 0.0158. The number of likely N-dealkylation sites (tertiary alicyclic amines) is 1. The van der Waals surface area contributed by atoms with Gasteiger partial charge in [-0.05, 0) is 78.4 Å². The summed E-state index contributed by atoms with van der Waals surface area (Å²) in [5, 5.41) is 3.64. The first-order chi connectivity index (χ1) is 15.9. The van der Waals surface area contributed by atoms with Gasteiger partial charge in [-0.3, -0.25) is 9.69 Å². The van der Waals surface area contributed by atoms with Crippen molar-refractivity contribution >= 4 is 29.1 Å². The number of fused-ring (bicyclic) bond motifs is 5. The molecule has 4 nitrogen and oxygen atoms in total. The van der Waals surface area contributed by atoms with Gasteiger partial charge in [0.05, 0.1) is 10.7 Å². The third kappa shape index (κ3) is 3.81. The lowest BCUT2D eigenvalue weighted by Crippen LogP contribution is -2.59. The fourth-order valence-corrected chi connectivity index (χ4v) is 7.98. The number of anilines is 1. The number of piperidine rings is 1. The van der Waals surface area contributed by atoms with Gasteiger partial charge in [-0.1, -0.05) is 58.7 Å². The highest BCUT2D eigenvalue weighted by molar-refractivity contribution is 6.33. The fraction of sp³-hybridized carbons (Fsp3) is 0.655. The van der Waals surface area contributed by atoms with Crippen LogP contribution < -0.4 is 5.32 Å². The Morgan fingerprint density at radius 3 is 2.59 bits per heavy atom. The van der Waals surface area contributed by atoms with Crippen molar-refractivity contribution in [2.45, 2.75) is 85.0 Å². The summed E-state index contributed by atoms with van der Waals surface area (Å²) in [6.45, 7) is 11.9. The Labute approximate surface area is 209 Å². The SMILES string of the molecule is CC(C)(C)c1ccc(NC(=O)N2C[C@H]3[C@@H]4CCC[C@@]4(C)CC[C@@H]3[C@@]3(C)CCC(=O)C=C23)c(Cl)c1. The van der Waals surface area contributed by atoms with Crippen LogP contribution in [0.1, 0.15) is 85.1 Å². The second kappa shape index (κ2) is 8.11. The lowest BCUT2D eigenvalue weighted by molar-refractivity contribution is -0.118. The van der Waals surface area contributed by atoms with E-state index in [1.165, 1.54) is 32.1 Å². The van der Waals surface area contributed by atoms with Crippen LogP contribution in [0.4, 0.5) is 10.5 Å². The van der Waals surface area contributed by atoms with Gasteiger partial charge in [0.25, 0.3) is 0 Å². The van der Waals surface area contributed by atoms with Crippen molar-refractivity contribution in [2.75, 3.05) is 11.9 Å². The number of hydrogen-bond acceptors (Lipinski definition) is 2. The van der Waals surface area contributed by atoms with Gasteiger partial charge in [-0.2, -0.15) is 0 Å². The Hall–Kier alpha value is -1.81. The zero-order valence-corrected chi connectivity index (χ0v) is 22.1. The molecule has 1 N–H and O–H groups in total. The van der Waals surface area contributed by atoms with Crippen LogP contribution in [0.5, 0.6) is 0 Å². The first kappa shape index (κ1) is 23.9. The second-order valence-electron chi connectivity index (χ2n) is 12.9. The summed E-state index contributed by atoms with van der Waals surface area (Å²) in [6.07, 6.45) is 9.54. The molecule has 184 valence electrons. The van der Waals surface area contributed by atoms with Crippen LogP contribution >= 0.6 is 11.6 Å². The van der Waals surface area contributed by atoms with E-state index >= 15 is 0 Å². The molecule has 1 heterocycles. The molecule has 0 bridgehead atoms. The van der Waals surface area contributed by atoms with E-state index in [1.807, 2.05) is 23.1 Å². The Balaban J connectivity index is 1.47. The number of halogens is 1. The van der Waals surface area contributed by atoms with E-state index in [4.69, 9.17) is 11.6 Å². The van der Waals surface area contributed by atoms with Crippen LogP contribution in [0.2, 0.25) is 5.02 Å². The largest absolute Gasteiger partial charge is 0.326 e. The van der Waals surface area contributed by atoms with Crippen molar-refractivity contribution in [1.29, 1.82) is 0 Å². The maximum atomic E-state index is 13.8. The molecular formula is C29H39ClN2O2. The van der Waals surface area contributed by atoms with Crippen LogP contribution in [0.3, 0.4) is 0 Å². The molecule has 2 amide bonds. The number of urea groups is 1. The molecule has 3 fully saturated rings. The molecule has 0 unspecified atom stereocenters. The van der Waals surface area contributed by atoms with Crippen molar-refractivity contribution in [3.63, 3.8) is 0 Å². The zero-order chi connectivity index (χ0) is 24.5. The predicted octanol–water partition coefficient (Wildman–Crippen LogP) is 7.57. The van der Waals surface area contributed by atoms with Gasteiger partial charge in [-0.15, -0.1) is 0 Å². The summed E-state index contributed by atoms with van der Waals surface area (Å²) in [5.41, 5.74) is 2.94. The third-order valence-corrected chi connectivity index (χ3v) is 10.1. The molecular weight excluding hydrogens is 444 g/mol. The van der Waals surface area contributed by atoms with E-state index in [1.54, 1.807) is 6.08 Å². The van der Waals surface area contributed by atoms with Crippen molar-refractivity contribution in [1.82, 2.24) is 4.90 Å². The third-order valence-electron chi connectivity index (χ3n) is 9.82. The summed E-state index contributed by atoms with van der Waals surface area (Å²) in [6, 6.07) is 5.72. The van der Waals surface area contributed by atoms with Crippen molar-refractivity contribution < 1.29 is 9.59 Å². The maximum absolute atomic E-state index is 13.8. The Morgan fingerprint density at radius 1 is 1.12 bits per heavy atom. The van der Waals surface area contributed by atoms with Gasteiger partial charge in [0.2, 0.25) is 0 Å². The summed E-state index contributed by atoms with van der Waals surface area (Å²) in [4.78, 5) is 28.2. The normalized spacial score (nSPS) is 35.2. The van der Waals surface area contributed by atoms with Gasteiger partial charge in [0.1, 0.15) is 0 Å². The average Bonchev–Trinajstić information content (AvgIpc) is 3.16. The number of nitrogens with one attached hydrogen (secondary N) is 1. The molecule has 1 saturated heterocycles. The lowest BCUT2D eigenvalue weighted by Gasteiger charge is -2.59. The zero-order valence-electron chi connectivity index (χ0n) is 21.3. The van der Waals surface area contributed by atoms with Gasteiger partial charge < -0.3 is 5.32 Å². The minimum atomic E-state index is -0.165. The highest BCUT2D eigenvalue weighted by Crippen LogP contribution is 2.64. The number of carbonyl (C=O) groups excluding carboxylic acids is 2. The predicted molar refractivity (Wildman–Crippen MR) is 138 cm³/mol. The topological polar surface area (TPSA) is 49.4 Å². The van der Waals surface area contributed by atoms with Crippen LogP contribution in [0.15, 0.2) is 30.0 Å². The molecule has 34 heavy (non-hydrogen) atoms. The molecule has 1 aromatic carbocycles. The second-order valence-corrected chi connectivity index (χ2v) is 13.3. The number of carbonyl (C=O) groups is 2. The number of nitrogens with zero attached hydrogens (tertiary/aromatic N) is 1. The number of amides is 2. The molecule has 5 atom stereocenters. The fourth-order valence-electron chi connectivity index (χ4n) is 7.76. The minimum Gasteiger partial charge on any atom is -0.306 e. The van der Waals surface area contributed by atoms with Gasteiger partial charge >= 0.3 is 6.03 Å². The Kier molecular flexibility index (Phi) is 5.71. The molecule has 3 aliphatic carbocycles. The van der Waals surface area contributed by atoms with Crippen LogP contribution in [-0.2, 0) is 10.2 Å². The molecule has 1 aliphatic heterocycles. The molecule has 5 rings (SSSR count). The number of rotatable bonds is 1. The van der Waals surface area contributed by atoms with Crippen LogP contribution in [0.25, 0.3) is 0 Å². The molecule has 2 saturated carbocycles. The quantitative estimate of drug-likeness (QED) is 0.448. The Bertz CT molecular complexity index is 1060. The summed E-state index contributed by atoms with van der Waals surface area (Å²) >= 11 is 6.61. The smallest absolute Gasteiger partial charge is 0.306 e. The van der Waals surface area contributed by atoms with Crippen molar-refractivity contribution in [2.24, 2.45) is 28.6 Å². The molecule has 4 aliphatic rings. The molecule has 0 radical (unpaired) electrons. The number of ketones is 1. The van der Waals surface area contributed by atoms with Crippen LogP contribution in [0, 0.1) is 28.6 Å². The number of allylic oxidation sites excluding steroid dienone is 2. The summed E-state index contributed by atoms with van der Waals surface area (Å²) < 4.78 is 0.